The van der Waals surface area contributed by atoms with E-state index < -0.39 is 10.0 Å². The lowest BCUT2D eigenvalue weighted by molar-refractivity contribution is 0.0314. The molecule has 0 aliphatic carbocycles. The lowest BCUT2D eigenvalue weighted by Gasteiger charge is -2.33. The number of sulfonamides is 1. The number of aryl methyl sites for hydroxylation is 1. The van der Waals surface area contributed by atoms with E-state index in [1.807, 2.05) is 6.92 Å². The van der Waals surface area contributed by atoms with Gasteiger partial charge in [-0.05, 0) is 19.4 Å². The van der Waals surface area contributed by atoms with Crippen molar-refractivity contribution >= 4 is 21.4 Å². The first kappa shape index (κ1) is 14.9. The number of morpholine rings is 1. The third kappa shape index (κ3) is 2.85. The van der Waals surface area contributed by atoms with Crippen LogP contribution in [0.2, 0.25) is 0 Å². The summed E-state index contributed by atoms with van der Waals surface area (Å²) in [4.78, 5) is 1.73. The van der Waals surface area contributed by atoms with E-state index in [0.717, 1.165) is 11.3 Å². The van der Waals surface area contributed by atoms with E-state index in [9.17, 15) is 8.42 Å². The summed E-state index contributed by atoms with van der Waals surface area (Å²) in [5.74, 6) is 0. The Morgan fingerprint density at radius 1 is 1.58 bits per heavy atom. The average molecular weight is 305 g/mol. The van der Waals surface area contributed by atoms with Crippen LogP contribution in [-0.4, -0.2) is 43.6 Å². The van der Waals surface area contributed by atoms with Crippen molar-refractivity contribution in [1.29, 1.82) is 0 Å². The smallest absolute Gasteiger partial charge is 0.244 e. The Morgan fingerprint density at radius 3 is 2.89 bits per heavy atom. The van der Waals surface area contributed by atoms with Gasteiger partial charge < -0.3 is 9.84 Å². The maximum absolute atomic E-state index is 12.7. The first-order valence-corrected chi connectivity index (χ1v) is 8.56. The maximum atomic E-state index is 12.7. The lowest BCUT2D eigenvalue weighted by atomic mass is 10.2. The Balaban J connectivity index is 2.37. The molecular weight excluding hydrogens is 286 g/mol. The Morgan fingerprint density at radius 2 is 2.32 bits per heavy atom. The van der Waals surface area contributed by atoms with E-state index in [-0.39, 0.29) is 12.6 Å². The molecule has 1 aliphatic rings. The van der Waals surface area contributed by atoms with Crippen LogP contribution >= 0.6 is 11.3 Å². The molecule has 1 N–H and O–H groups in total. The normalized spacial score (nSPS) is 21.7. The predicted molar refractivity (Wildman–Crippen MR) is 73.8 cm³/mol. The van der Waals surface area contributed by atoms with Crippen molar-refractivity contribution in [1.82, 2.24) is 4.31 Å². The minimum absolute atomic E-state index is 0.101. The van der Waals surface area contributed by atoms with Crippen LogP contribution in [0.25, 0.3) is 0 Å². The summed E-state index contributed by atoms with van der Waals surface area (Å²) in [6.07, 6.45) is 0.731. The molecule has 1 fully saturated rings. The van der Waals surface area contributed by atoms with E-state index in [0.29, 0.717) is 29.5 Å². The van der Waals surface area contributed by atoms with Gasteiger partial charge in [0, 0.05) is 22.3 Å². The Kier molecular flexibility index (Phi) is 4.62. The van der Waals surface area contributed by atoms with Crippen LogP contribution in [0.5, 0.6) is 0 Å². The van der Waals surface area contributed by atoms with Gasteiger partial charge in [0.1, 0.15) is 0 Å². The molecule has 0 spiro atoms. The molecule has 1 aromatic heterocycles. The van der Waals surface area contributed by atoms with Gasteiger partial charge in [-0.2, -0.15) is 4.31 Å². The molecule has 7 heteroatoms. The second kappa shape index (κ2) is 5.88. The number of aliphatic hydroxyl groups is 1. The third-order valence-corrected chi connectivity index (χ3v) is 6.55. The van der Waals surface area contributed by atoms with Gasteiger partial charge in [0.15, 0.2) is 0 Å². The standard InChI is InChI=1S/C12H19NO4S2/c1-3-10-8-17-5-4-13(10)19(15,16)12-6-11(7-14)18-9(12)2/h6,10,14H,3-5,7-8H2,1-2H3. The SMILES string of the molecule is CCC1COCCN1S(=O)(=O)c1cc(CO)sc1C. The van der Waals surface area contributed by atoms with Crippen LogP contribution in [0.3, 0.4) is 0 Å². The molecule has 1 unspecified atom stereocenters. The second-order valence-corrected chi connectivity index (χ2v) is 7.74. The third-order valence-electron chi connectivity index (χ3n) is 3.31. The highest BCUT2D eigenvalue weighted by Crippen LogP contribution is 2.30. The van der Waals surface area contributed by atoms with Gasteiger partial charge in [-0.15, -0.1) is 11.3 Å². The number of ether oxygens (including phenoxy) is 1. The van der Waals surface area contributed by atoms with E-state index in [4.69, 9.17) is 9.84 Å². The van der Waals surface area contributed by atoms with Crippen LogP contribution in [-0.2, 0) is 21.4 Å². The van der Waals surface area contributed by atoms with Crippen molar-refractivity contribution in [3.05, 3.63) is 15.8 Å². The quantitative estimate of drug-likeness (QED) is 0.912. The highest BCUT2D eigenvalue weighted by molar-refractivity contribution is 7.89. The number of rotatable bonds is 4. The number of aliphatic hydroxyl groups excluding tert-OH is 1. The summed E-state index contributed by atoms with van der Waals surface area (Å²) in [5, 5.41) is 9.13. The van der Waals surface area contributed by atoms with Gasteiger partial charge in [-0.3, -0.25) is 0 Å². The van der Waals surface area contributed by atoms with Crippen molar-refractivity contribution in [2.45, 2.75) is 37.8 Å². The van der Waals surface area contributed by atoms with E-state index >= 15 is 0 Å². The largest absolute Gasteiger partial charge is 0.391 e. The molecule has 0 aromatic carbocycles. The molecule has 0 amide bonds. The molecule has 0 radical (unpaired) electrons. The van der Waals surface area contributed by atoms with Gasteiger partial charge in [0.05, 0.1) is 24.7 Å². The second-order valence-electron chi connectivity index (χ2n) is 4.54. The van der Waals surface area contributed by atoms with E-state index in [1.54, 1.807) is 13.0 Å². The van der Waals surface area contributed by atoms with Crippen LogP contribution in [0.15, 0.2) is 11.0 Å². The summed E-state index contributed by atoms with van der Waals surface area (Å²) in [7, 11) is -3.49. The first-order chi connectivity index (χ1) is 9.00. The molecule has 1 aromatic rings. The van der Waals surface area contributed by atoms with Crippen LogP contribution < -0.4 is 0 Å². The van der Waals surface area contributed by atoms with Crippen molar-refractivity contribution in [2.24, 2.45) is 0 Å². The highest BCUT2D eigenvalue weighted by atomic mass is 32.2. The van der Waals surface area contributed by atoms with Crippen molar-refractivity contribution < 1.29 is 18.3 Å². The fourth-order valence-corrected chi connectivity index (χ4v) is 5.40. The average Bonchev–Trinajstić information content (AvgIpc) is 2.80. The molecule has 0 saturated carbocycles. The molecule has 1 saturated heterocycles. The van der Waals surface area contributed by atoms with Gasteiger partial charge in [0.2, 0.25) is 10.0 Å². The minimum Gasteiger partial charge on any atom is -0.391 e. The zero-order valence-electron chi connectivity index (χ0n) is 11.1. The molecule has 0 bridgehead atoms. The van der Waals surface area contributed by atoms with Crippen molar-refractivity contribution in [3.8, 4) is 0 Å². The van der Waals surface area contributed by atoms with Crippen LogP contribution in [0.1, 0.15) is 23.1 Å². The minimum atomic E-state index is -3.49. The fourth-order valence-electron chi connectivity index (χ4n) is 2.26. The molecule has 19 heavy (non-hydrogen) atoms. The van der Waals surface area contributed by atoms with E-state index in [2.05, 4.69) is 0 Å². The molecule has 1 aliphatic heterocycles. The molecule has 1 atom stereocenters. The van der Waals surface area contributed by atoms with E-state index in [1.165, 1.54) is 15.6 Å². The Labute approximate surface area is 117 Å². The topological polar surface area (TPSA) is 66.8 Å². The number of hydrogen-bond donors (Lipinski definition) is 1. The van der Waals surface area contributed by atoms with Gasteiger partial charge >= 0.3 is 0 Å². The number of thiophene rings is 1. The van der Waals surface area contributed by atoms with Crippen LogP contribution in [0, 0.1) is 6.92 Å². The van der Waals surface area contributed by atoms with Gasteiger partial charge in [-0.25, -0.2) is 8.42 Å². The monoisotopic (exact) mass is 305 g/mol. The first-order valence-electron chi connectivity index (χ1n) is 6.30. The molecule has 108 valence electrons. The predicted octanol–water partition coefficient (Wildman–Crippen LogP) is 1.35. The summed E-state index contributed by atoms with van der Waals surface area (Å²) in [6.45, 7) is 4.89. The molecular formula is C12H19NO4S2. The summed E-state index contributed by atoms with van der Waals surface area (Å²) in [6, 6.07) is 1.48. The lowest BCUT2D eigenvalue weighted by Crippen LogP contribution is -2.48. The summed E-state index contributed by atoms with van der Waals surface area (Å²) < 4.78 is 32.3. The number of hydrogen-bond acceptors (Lipinski definition) is 5. The number of nitrogens with zero attached hydrogens (tertiary/aromatic N) is 1. The van der Waals surface area contributed by atoms with Gasteiger partial charge in [-0.1, -0.05) is 6.92 Å². The molecule has 2 heterocycles. The Bertz CT molecular complexity index is 538. The highest BCUT2D eigenvalue weighted by Gasteiger charge is 2.34. The van der Waals surface area contributed by atoms with Crippen LogP contribution in [0.4, 0.5) is 0 Å². The zero-order chi connectivity index (χ0) is 14.0. The summed E-state index contributed by atoms with van der Waals surface area (Å²) in [5.41, 5.74) is 0. The molecule has 2 rings (SSSR count). The molecule has 5 nitrogen and oxygen atoms in total. The van der Waals surface area contributed by atoms with Gasteiger partial charge in [0.25, 0.3) is 0 Å². The maximum Gasteiger partial charge on any atom is 0.244 e. The Hall–Kier alpha value is -0.470. The summed E-state index contributed by atoms with van der Waals surface area (Å²) >= 11 is 1.33. The van der Waals surface area contributed by atoms with Crippen molar-refractivity contribution in [2.75, 3.05) is 19.8 Å². The fraction of sp³-hybridized carbons (Fsp3) is 0.667. The zero-order valence-corrected chi connectivity index (χ0v) is 12.8. The van der Waals surface area contributed by atoms with Crippen molar-refractivity contribution in [3.63, 3.8) is 0 Å².